The summed E-state index contributed by atoms with van der Waals surface area (Å²) in [6, 6.07) is 11.0. The SMILES string of the molecule is CC(=O)N(CC(=O)Nc1cc(Cl)ccc1C)Cc1ccc(F)cc1. The van der Waals surface area contributed by atoms with Crippen LogP contribution in [-0.2, 0) is 16.1 Å². The topological polar surface area (TPSA) is 49.4 Å². The number of hydrogen-bond donors (Lipinski definition) is 1. The van der Waals surface area contributed by atoms with Gasteiger partial charge in [0, 0.05) is 24.2 Å². The third kappa shape index (κ3) is 5.06. The molecule has 0 aromatic heterocycles. The second-order valence-corrected chi connectivity index (χ2v) is 5.95. The summed E-state index contributed by atoms with van der Waals surface area (Å²) >= 11 is 5.93. The van der Waals surface area contributed by atoms with Crippen molar-refractivity contribution in [1.82, 2.24) is 4.90 Å². The van der Waals surface area contributed by atoms with Gasteiger partial charge in [0.1, 0.15) is 12.4 Å². The summed E-state index contributed by atoms with van der Waals surface area (Å²) in [7, 11) is 0. The molecule has 0 saturated carbocycles. The minimum atomic E-state index is -0.345. The minimum Gasteiger partial charge on any atom is -0.329 e. The van der Waals surface area contributed by atoms with Gasteiger partial charge in [-0.15, -0.1) is 0 Å². The van der Waals surface area contributed by atoms with Gasteiger partial charge in [0.25, 0.3) is 0 Å². The van der Waals surface area contributed by atoms with Crippen LogP contribution in [0.2, 0.25) is 5.02 Å². The van der Waals surface area contributed by atoms with Crippen LogP contribution in [0.1, 0.15) is 18.1 Å². The number of amides is 2. The molecule has 24 heavy (non-hydrogen) atoms. The van der Waals surface area contributed by atoms with Crippen LogP contribution in [0, 0.1) is 12.7 Å². The molecule has 0 atom stereocenters. The van der Waals surface area contributed by atoms with Gasteiger partial charge >= 0.3 is 0 Å². The average molecular weight is 349 g/mol. The molecule has 0 unspecified atom stereocenters. The Hall–Kier alpha value is -2.40. The quantitative estimate of drug-likeness (QED) is 0.894. The molecule has 0 aliphatic rings. The van der Waals surface area contributed by atoms with E-state index < -0.39 is 0 Å². The van der Waals surface area contributed by atoms with Crippen LogP contribution in [0.4, 0.5) is 10.1 Å². The van der Waals surface area contributed by atoms with Crippen molar-refractivity contribution in [3.05, 3.63) is 64.4 Å². The molecule has 0 fully saturated rings. The predicted octanol–water partition coefficient (Wildman–Crippen LogP) is 3.77. The Morgan fingerprint density at radius 2 is 1.83 bits per heavy atom. The van der Waals surface area contributed by atoms with E-state index in [9.17, 15) is 14.0 Å². The molecule has 1 N–H and O–H groups in total. The Morgan fingerprint density at radius 1 is 1.17 bits per heavy atom. The van der Waals surface area contributed by atoms with E-state index >= 15 is 0 Å². The van der Waals surface area contributed by atoms with Gasteiger partial charge in [0.05, 0.1) is 0 Å². The van der Waals surface area contributed by atoms with E-state index in [4.69, 9.17) is 11.6 Å². The van der Waals surface area contributed by atoms with Gasteiger partial charge in [-0.25, -0.2) is 4.39 Å². The van der Waals surface area contributed by atoms with Crippen molar-refractivity contribution in [2.24, 2.45) is 0 Å². The number of rotatable bonds is 5. The fraction of sp³-hybridized carbons (Fsp3) is 0.222. The van der Waals surface area contributed by atoms with Crippen LogP contribution in [0.15, 0.2) is 42.5 Å². The summed E-state index contributed by atoms with van der Waals surface area (Å²) in [6.45, 7) is 3.38. The molecule has 126 valence electrons. The molecule has 0 heterocycles. The number of benzene rings is 2. The van der Waals surface area contributed by atoms with Crippen LogP contribution < -0.4 is 5.32 Å². The van der Waals surface area contributed by atoms with Gasteiger partial charge in [-0.3, -0.25) is 9.59 Å². The lowest BCUT2D eigenvalue weighted by molar-refractivity contribution is -0.133. The molecule has 0 saturated heterocycles. The first-order chi connectivity index (χ1) is 11.3. The molecule has 0 aliphatic carbocycles. The number of carbonyl (C=O) groups is 2. The fourth-order valence-electron chi connectivity index (χ4n) is 2.18. The number of nitrogens with zero attached hydrogens (tertiary/aromatic N) is 1. The number of anilines is 1. The monoisotopic (exact) mass is 348 g/mol. The van der Waals surface area contributed by atoms with Gasteiger partial charge < -0.3 is 10.2 Å². The molecule has 4 nitrogen and oxygen atoms in total. The van der Waals surface area contributed by atoms with E-state index in [1.807, 2.05) is 6.92 Å². The normalized spacial score (nSPS) is 10.3. The van der Waals surface area contributed by atoms with Crippen LogP contribution in [0.25, 0.3) is 0 Å². The molecule has 0 spiro atoms. The lowest BCUT2D eigenvalue weighted by Crippen LogP contribution is -2.36. The molecule has 0 bridgehead atoms. The van der Waals surface area contributed by atoms with Gasteiger partial charge in [-0.1, -0.05) is 29.8 Å². The zero-order valence-electron chi connectivity index (χ0n) is 13.5. The van der Waals surface area contributed by atoms with Crippen LogP contribution in [-0.4, -0.2) is 23.3 Å². The molecule has 0 radical (unpaired) electrons. The Morgan fingerprint density at radius 3 is 2.46 bits per heavy atom. The average Bonchev–Trinajstić information content (AvgIpc) is 2.52. The molecular formula is C18H18ClFN2O2. The second kappa shape index (κ2) is 7.93. The number of halogens is 2. The molecule has 2 aromatic rings. The van der Waals surface area contributed by atoms with E-state index in [0.29, 0.717) is 10.7 Å². The number of nitrogens with one attached hydrogen (secondary N) is 1. The summed E-state index contributed by atoms with van der Waals surface area (Å²) in [5.74, 6) is -0.905. The van der Waals surface area contributed by atoms with E-state index in [1.165, 1.54) is 24.0 Å². The fourth-order valence-corrected chi connectivity index (χ4v) is 2.35. The Labute approximate surface area is 145 Å². The zero-order chi connectivity index (χ0) is 17.7. The maximum Gasteiger partial charge on any atom is 0.244 e. The van der Waals surface area contributed by atoms with Crippen LogP contribution in [0.3, 0.4) is 0 Å². The number of hydrogen-bond acceptors (Lipinski definition) is 2. The van der Waals surface area contributed by atoms with Crippen molar-refractivity contribution >= 4 is 29.1 Å². The van der Waals surface area contributed by atoms with Crippen LogP contribution in [0.5, 0.6) is 0 Å². The Kier molecular flexibility index (Phi) is 5.93. The molecule has 0 aliphatic heterocycles. The first-order valence-electron chi connectivity index (χ1n) is 7.41. The molecule has 2 rings (SSSR count). The highest BCUT2D eigenvalue weighted by atomic mass is 35.5. The van der Waals surface area contributed by atoms with Gasteiger partial charge in [0.2, 0.25) is 11.8 Å². The summed E-state index contributed by atoms with van der Waals surface area (Å²) in [5.41, 5.74) is 2.23. The molecule has 2 aromatic carbocycles. The van der Waals surface area contributed by atoms with Crippen molar-refractivity contribution in [2.75, 3.05) is 11.9 Å². The van der Waals surface area contributed by atoms with Crippen molar-refractivity contribution in [1.29, 1.82) is 0 Å². The van der Waals surface area contributed by atoms with Gasteiger partial charge in [0.15, 0.2) is 0 Å². The molecule has 6 heteroatoms. The minimum absolute atomic E-state index is 0.0985. The maximum atomic E-state index is 13.0. The zero-order valence-corrected chi connectivity index (χ0v) is 14.2. The van der Waals surface area contributed by atoms with E-state index in [0.717, 1.165) is 11.1 Å². The van der Waals surface area contributed by atoms with Gasteiger partial charge in [-0.2, -0.15) is 0 Å². The summed E-state index contributed by atoms with van der Waals surface area (Å²) in [5, 5.41) is 3.27. The molecular weight excluding hydrogens is 331 g/mol. The summed E-state index contributed by atoms with van der Waals surface area (Å²) < 4.78 is 13.0. The number of carbonyl (C=O) groups excluding carboxylic acids is 2. The van der Waals surface area contributed by atoms with E-state index in [2.05, 4.69) is 5.32 Å². The lowest BCUT2D eigenvalue weighted by atomic mass is 10.2. The number of aryl methyl sites for hydroxylation is 1. The standard InChI is InChI=1S/C18H18ClFN2O2/c1-12-3-6-15(19)9-17(12)21-18(24)11-22(13(2)23)10-14-4-7-16(20)8-5-14/h3-9H,10-11H2,1-2H3,(H,21,24). The van der Waals surface area contributed by atoms with Crippen molar-refractivity contribution in [2.45, 2.75) is 20.4 Å². The Bertz CT molecular complexity index is 747. The summed E-state index contributed by atoms with van der Waals surface area (Å²) in [4.78, 5) is 25.4. The van der Waals surface area contributed by atoms with E-state index in [1.54, 1.807) is 30.3 Å². The maximum absolute atomic E-state index is 13.0. The second-order valence-electron chi connectivity index (χ2n) is 5.51. The first kappa shape index (κ1) is 17.9. The summed E-state index contributed by atoms with van der Waals surface area (Å²) in [6.07, 6.45) is 0. The van der Waals surface area contributed by atoms with Crippen LogP contribution >= 0.6 is 11.6 Å². The third-order valence-corrected chi connectivity index (χ3v) is 3.78. The Balaban J connectivity index is 2.04. The highest BCUT2D eigenvalue weighted by Gasteiger charge is 2.15. The highest BCUT2D eigenvalue weighted by molar-refractivity contribution is 6.31. The first-order valence-corrected chi connectivity index (χ1v) is 7.79. The highest BCUT2D eigenvalue weighted by Crippen LogP contribution is 2.20. The van der Waals surface area contributed by atoms with Crippen molar-refractivity contribution in [3.8, 4) is 0 Å². The lowest BCUT2D eigenvalue weighted by Gasteiger charge is -2.21. The molecule has 2 amide bonds. The third-order valence-electron chi connectivity index (χ3n) is 3.54. The van der Waals surface area contributed by atoms with E-state index in [-0.39, 0.29) is 30.7 Å². The largest absolute Gasteiger partial charge is 0.329 e. The predicted molar refractivity (Wildman–Crippen MR) is 92.3 cm³/mol. The van der Waals surface area contributed by atoms with Gasteiger partial charge in [-0.05, 0) is 42.3 Å². The van der Waals surface area contributed by atoms with Crippen molar-refractivity contribution in [3.63, 3.8) is 0 Å². The smallest absolute Gasteiger partial charge is 0.244 e. The van der Waals surface area contributed by atoms with Crippen molar-refractivity contribution < 1.29 is 14.0 Å².